The normalized spacial score (nSPS) is 20.1. The van der Waals surface area contributed by atoms with Gasteiger partial charge in [0.25, 0.3) is 0 Å². The Kier molecular flexibility index (Phi) is 3.34. The van der Waals surface area contributed by atoms with Crippen LogP contribution in [0.15, 0.2) is 12.4 Å². The van der Waals surface area contributed by atoms with E-state index in [0.717, 1.165) is 6.54 Å². The number of rotatable bonds is 3. The monoisotopic (exact) mass is 265 g/mol. The van der Waals surface area contributed by atoms with E-state index in [-0.39, 0.29) is 24.3 Å². The van der Waals surface area contributed by atoms with E-state index in [9.17, 15) is 9.59 Å². The van der Waals surface area contributed by atoms with Crippen LogP contribution in [0.4, 0.5) is 5.69 Å². The first-order valence-corrected chi connectivity index (χ1v) is 6.32. The number of hydrogen-bond donors (Lipinski definition) is 1. The Morgan fingerprint density at radius 3 is 2.74 bits per heavy atom. The van der Waals surface area contributed by atoms with E-state index in [0.29, 0.717) is 5.69 Å². The van der Waals surface area contributed by atoms with Crippen LogP contribution in [0.5, 0.6) is 0 Å². The Morgan fingerprint density at radius 1 is 1.53 bits per heavy atom. The molecule has 0 radical (unpaired) electrons. The lowest BCUT2D eigenvalue weighted by Gasteiger charge is -2.18. The Bertz CT molecular complexity index is 501. The van der Waals surface area contributed by atoms with Gasteiger partial charge in [-0.1, -0.05) is 20.8 Å². The quantitative estimate of drug-likeness (QED) is 0.895. The van der Waals surface area contributed by atoms with Crippen LogP contribution in [0.2, 0.25) is 0 Å². The molecule has 0 aliphatic carbocycles. The molecular weight excluding hydrogens is 246 g/mol. The number of nitrogens with zero attached hydrogens (tertiary/aromatic N) is 3. The number of aromatic nitrogens is 2. The maximum absolute atomic E-state index is 11.8. The van der Waals surface area contributed by atoms with Gasteiger partial charge in [-0.3, -0.25) is 14.3 Å². The summed E-state index contributed by atoms with van der Waals surface area (Å²) in [7, 11) is 0. The highest BCUT2D eigenvalue weighted by molar-refractivity contribution is 5.98. The second-order valence-electron chi connectivity index (χ2n) is 6.20. The van der Waals surface area contributed by atoms with E-state index in [4.69, 9.17) is 5.11 Å². The van der Waals surface area contributed by atoms with Crippen LogP contribution < -0.4 is 4.90 Å². The summed E-state index contributed by atoms with van der Waals surface area (Å²) < 4.78 is 1.79. The van der Waals surface area contributed by atoms with E-state index in [1.54, 1.807) is 17.1 Å². The fourth-order valence-corrected chi connectivity index (χ4v) is 2.19. The smallest absolute Gasteiger partial charge is 0.308 e. The zero-order valence-corrected chi connectivity index (χ0v) is 11.5. The molecule has 1 N–H and O–H groups in total. The molecule has 2 heterocycles. The van der Waals surface area contributed by atoms with Gasteiger partial charge in [0.1, 0.15) is 0 Å². The van der Waals surface area contributed by atoms with Gasteiger partial charge >= 0.3 is 5.97 Å². The molecule has 1 aliphatic rings. The molecule has 1 atom stereocenters. The summed E-state index contributed by atoms with van der Waals surface area (Å²) in [5.74, 6) is -1.68. The van der Waals surface area contributed by atoms with Crippen molar-refractivity contribution in [1.29, 1.82) is 0 Å². The summed E-state index contributed by atoms with van der Waals surface area (Å²) in [6.45, 7) is 7.30. The van der Waals surface area contributed by atoms with Gasteiger partial charge < -0.3 is 10.0 Å². The Morgan fingerprint density at radius 2 is 2.21 bits per heavy atom. The maximum Gasteiger partial charge on any atom is 0.308 e. The molecule has 1 aliphatic heterocycles. The van der Waals surface area contributed by atoms with E-state index < -0.39 is 11.9 Å². The van der Waals surface area contributed by atoms with Crippen LogP contribution >= 0.6 is 0 Å². The summed E-state index contributed by atoms with van der Waals surface area (Å²) in [6, 6.07) is 0. The molecule has 1 saturated heterocycles. The van der Waals surface area contributed by atoms with Crippen LogP contribution in [0.1, 0.15) is 27.2 Å². The lowest BCUT2D eigenvalue weighted by Crippen LogP contribution is -2.25. The Hall–Kier alpha value is -1.85. The third-order valence-electron chi connectivity index (χ3n) is 3.04. The summed E-state index contributed by atoms with van der Waals surface area (Å²) in [5, 5.41) is 13.2. The van der Waals surface area contributed by atoms with Crippen LogP contribution in [0, 0.1) is 11.3 Å². The third-order valence-corrected chi connectivity index (χ3v) is 3.04. The second kappa shape index (κ2) is 4.68. The Balaban J connectivity index is 2.11. The summed E-state index contributed by atoms with van der Waals surface area (Å²) >= 11 is 0. The van der Waals surface area contributed by atoms with Crippen molar-refractivity contribution in [2.75, 3.05) is 11.4 Å². The molecule has 0 aromatic carbocycles. The number of anilines is 1. The maximum atomic E-state index is 11.8. The molecule has 6 nitrogen and oxygen atoms in total. The molecular formula is C13H19N3O3. The zero-order chi connectivity index (χ0) is 14.2. The number of amides is 1. The number of carboxylic acid groups (broad SMARTS) is 1. The minimum atomic E-state index is -0.919. The molecule has 0 spiro atoms. The van der Waals surface area contributed by atoms with Crippen LogP contribution in [0.3, 0.4) is 0 Å². The first-order valence-electron chi connectivity index (χ1n) is 6.32. The van der Waals surface area contributed by atoms with Gasteiger partial charge in [-0.25, -0.2) is 0 Å². The minimum absolute atomic E-state index is 0.0692. The molecule has 0 unspecified atom stereocenters. The van der Waals surface area contributed by atoms with Gasteiger partial charge in [-0.05, 0) is 5.41 Å². The molecule has 2 rings (SSSR count). The fourth-order valence-electron chi connectivity index (χ4n) is 2.19. The number of carbonyl (C=O) groups is 2. The molecule has 19 heavy (non-hydrogen) atoms. The minimum Gasteiger partial charge on any atom is -0.481 e. The summed E-state index contributed by atoms with van der Waals surface area (Å²) in [4.78, 5) is 24.2. The van der Waals surface area contributed by atoms with Crippen LogP contribution in [0.25, 0.3) is 0 Å². The van der Waals surface area contributed by atoms with Crippen molar-refractivity contribution >= 4 is 17.6 Å². The van der Waals surface area contributed by atoms with Gasteiger partial charge in [0.05, 0.1) is 17.8 Å². The lowest BCUT2D eigenvalue weighted by molar-refractivity contribution is -0.141. The van der Waals surface area contributed by atoms with Crippen molar-refractivity contribution in [3.8, 4) is 0 Å². The van der Waals surface area contributed by atoms with Gasteiger partial charge in [0.2, 0.25) is 5.91 Å². The number of carboxylic acids is 1. The zero-order valence-electron chi connectivity index (χ0n) is 11.5. The summed E-state index contributed by atoms with van der Waals surface area (Å²) in [6.07, 6.45) is 3.49. The van der Waals surface area contributed by atoms with Crippen molar-refractivity contribution in [1.82, 2.24) is 9.78 Å². The van der Waals surface area contributed by atoms with Crippen LogP contribution in [-0.4, -0.2) is 33.3 Å². The molecule has 104 valence electrons. The van der Waals surface area contributed by atoms with Crippen molar-refractivity contribution in [3.63, 3.8) is 0 Å². The third kappa shape index (κ3) is 3.13. The first-order chi connectivity index (χ1) is 8.76. The van der Waals surface area contributed by atoms with Crippen molar-refractivity contribution in [3.05, 3.63) is 12.4 Å². The van der Waals surface area contributed by atoms with E-state index in [1.807, 2.05) is 0 Å². The van der Waals surface area contributed by atoms with E-state index >= 15 is 0 Å². The predicted octanol–water partition coefficient (Wildman–Crippen LogP) is 1.37. The SMILES string of the molecule is CC(C)(C)Cn1cc(N2C[C@H](C(=O)O)CC2=O)cn1. The molecule has 1 fully saturated rings. The molecule has 6 heteroatoms. The lowest BCUT2D eigenvalue weighted by atomic mass is 9.97. The molecule has 1 amide bonds. The standard InChI is InChI=1S/C13H19N3O3/c1-13(2,3)8-15-7-10(5-14-15)16-6-9(12(18)19)4-11(16)17/h5,7,9H,4,6,8H2,1-3H3,(H,18,19)/t9-/m1/s1. The van der Waals surface area contributed by atoms with Crippen molar-refractivity contribution < 1.29 is 14.7 Å². The highest BCUT2D eigenvalue weighted by atomic mass is 16.4. The van der Waals surface area contributed by atoms with Gasteiger partial charge in [-0.15, -0.1) is 0 Å². The average molecular weight is 265 g/mol. The number of carbonyl (C=O) groups excluding carboxylic acids is 1. The molecule has 0 bridgehead atoms. The van der Waals surface area contributed by atoms with Crippen LogP contribution in [-0.2, 0) is 16.1 Å². The predicted molar refractivity (Wildman–Crippen MR) is 69.8 cm³/mol. The highest BCUT2D eigenvalue weighted by Crippen LogP contribution is 2.25. The molecule has 1 aromatic rings. The fraction of sp³-hybridized carbons (Fsp3) is 0.615. The van der Waals surface area contributed by atoms with Gasteiger partial charge in [0, 0.05) is 25.7 Å². The summed E-state index contributed by atoms with van der Waals surface area (Å²) in [5.41, 5.74) is 0.778. The van der Waals surface area contributed by atoms with Crippen molar-refractivity contribution in [2.45, 2.75) is 33.7 Å². The Labute approximate surface area is 112 Å². The highest BCUT2D eigenvalue weighted by Gasteiger charge is 2.35. The van der Waals surface area contributed by atoms with Crippen molar-refractivity contribution in [2.24, 2.45) is 11.3 Å². The van der Waals surface area contributed by atoms with E-state index in [2.05, 4.69) is 25.9 Å². The molecule has 0 saturated carbocycles. The average Bonchev–Trinajstić information content (AvgIpc) is 2.82. The molecule has 1 aromatic heterocycles. The topological polar surface area (TPSA) is 75.4 Å². The number of hydrogen-bond acceptors (Lipinski definition) is 3. The van der Waals surface area contributed by atoms with Gasteiger partial charge in [0.15, 0.2) is 0 Å². The van der Waals surface area contributed by atoms with Gasteiger partial charge in [-0.2, -0.15) is 5.10 Å². The largest absolute Gasteiger partial charge is 0.481 e. The first kappa shape index (κ1) is 13.6. The number of aliphatic carboxylic acids is 1. The van der Waals surface area contributed by atoms with E-state index in [1.165, 1.54) is 4.90 Å². The second-order valence-corrected chi connectivity index (χ2v) is 6.20.